The Morgan fingerprint density at radius 2 is 1.96 bits per heavy atom. The Labute approximate surface area is 136 Å². The normalized spacial score (nSPS) is 13.4. The van der Waals surface area contributed by atoms with Crippen molar-refractivity contribution in [2.45, 2.75) is 32.9 Å². The van der Waals surface area contributed by atoms with Crippen molar-refractivity contribution in [2.24, 2.45) is 5.92 Å². The number of para-hydroxylation sites is 1. The first-order chi connectivity index (χ1) is 10.7. The molecule has 7 heteroatoms. The van der Waals surface area contributed by atoms with Crippen LogP contribution in [-0.4, -0.2) is 26.6 Å². The van der Waals surface area contributed by atoms with Gasteiger partial charge in [0.1, 0.15) is 17.4 Å². The molecule has 2 aromatic rings. The molecule has 1 heterocycles. The second-order valence-corrected chi connectivity index (χ2v) is 7.82. The molecule has 0 fully saturated rings. The van der Waals surface area contributed by atoms with Crippen LogP contribution in [0.25, 0.3) is 11.0 Å². The molecule has 1 atom stereocenters. The van der Waals surface area contributed by atoms with E-state index in [1.807, 2.05) is 44.2 Å². The van der Waals surface area contributed by atoms with Crippen LogP contribution in [-0.2, 0) is 21.4 Å². The lowest BCUT2D eigenvalue weighted by Gasteiger charge is -2.18. The summed E-state index contributed by atoms with van der Waals surface area (Å²) in [5.41, 5.74) is 0.754. The van der Waals surface area contributed by atoms with E-state index in [1.54, 1.807) is 0 Å². The lowest BCUT2D eigenvalue weighted by Crippen LogP contribution is -2.46. The number of furan rings is 1. The van der Waals surface area contributed by atoms with Gasteiger partial charge in [0, 0.05) is 5.39 Å². The molecule has 2 rings (SSSR count). The zero-order valence-electron chi connectivity index (χ0n) is 13.5. The van der Waals surface area contributed by atoms with Gasteiger partial charge in [0.15, 0.2) is 0 Å². The molecule has 1 aromatic carbocycles. The van der Waals surface area contributed by atoms with Gasteiger partial charge in [-0.05, 0) is 24.5 Å². The van der Waals surface area contributed by atoms with E-state index in [1.165, 1.54) is 0 Å². The summed E-state index contributed by atoms with van der Waals surface area (Å²) in [5.74, 6) is 0.456. The van der Waals surface area contributed by atoms with E-state index in [4.69, 9.17) is 4.42 Å². The van der Waals surface area contributed by atoms with Gasteiger partial charge in [-0.2, -0.15) is 0 Å². The average molecular weight is 338 g/mol. The fourth-order valence-corrected chi connectivity index (χ4v) is 3.08. The molecule has 2 N–H and O–H groups in total. The molecule has 1 aromatic heterocycles. The smallest absolute Gasteiger partial charge is 0.238 e. The molecule has 0 bridgehead atoms. The molecule has 0 spiro atoms. The Morgan fingerprint density at radius 3 is 2.57 bits per heavy atom. The summed E-state index contributed by atoms with van der Waals surface area (Å²) in [7, 11) is -3.45. The number of hydrogen-bond acceptors (Lipinski definition) is 4. The predicted molar refractivity (Wildman–Crippen MR) is 89.3 cm³/mol. The molecular formula is C16H22N2O4S. The van der Waals surface area contributed by atoms with E-state index in [0.717, 1.165) is 17.2 Å². The predicted octanol–water partition coefficient (Wildman–Crippen LogP) is 2.01. The standard InChI is InChI=1S/C16H22N2O4S/c1-11(2)8-14(18-23(3,20)21)16(19)17-10-13-9-12-6-4-5-7-15(12)22-13/h4-7,9,11,14,18H,8,10H2,1-3H3,(H,17,19)/t14-/m0/s1. The van der Waals surface area contributed by atoms with E-state index < -0.39 is 16.1 Å². The molecule has 0 saturated heterocycles. The third-order valence-corrected chi connectivity index (χ3v) is 4.01. The van der Waals surface area contributed by atoms with Crippen LogP contribution >= 0.6 is 0 Å². The molecule has 0 unspecified atom stereocenters. The minimum absolute atomic E-state index is 0.186. The first-order valence-electron chi connectivity index (χ1n) is 7.47. The van der Waals surface area contributed by atoms with E-state index in [0.29, 0.717) is 12.2 Å². The van der Waals surface area contributed by atoms with E-state index in [-0.39, 0.29) is 18.4 Å². The van der Waals surface area contributed by atoms with Crippen LogP contribution in [0, 0.1) is 5.92 Å². The maximum absolute atomic E-state index is 12.3. The highest BCUT2D eigenvalue weighted by Gasteiger charge is 2.23. The zero-order valence-corrected chi connectivity index (χ0v) is 14.3. The summed E-state index contributed by atoms with van der Waals surface area (Å²) in [6.45, 7) is 4.08. The van der Waals surface area contributed by atoms with E-state index in [2.05, 4.69) is 10.0 Å². The number of carbonyl (C=O) groups is 1. The van der Waals surface area contributed by atoms with E-state index >= 15 is 0 Å². The molecule has 0 radical (unpaired) electrons. The number of sulfonamides is 1. The van der Waals surface area contributed by atoms with Gasteiger partial charge in [-0.1, -0.05) is 32.0 Å². The highest BCUT2D eigenvalue weighted by Crippen LogP contribution is 2.18. The molecule has 23 heavy (non-hydrogen) atoms. The molecular weight excluding hydrogens is 316 g/mol. The fourth-order valence-electron chi connectivity index (χ4n) is 2.36. The summed E-state index contributed by atoms with van der Waals surface area (Å²) in [4.78, 5) is 12.3. The van der Waals surface area contributed by atoms with Gasteiger partial charge >= 0.3 is 0 Å². The number of rotatable bonds is 7. The van der Waals surface area contributed by atoms with E-state index in [9.17, 15) is 13.2 Å². The first kappa shape index (κ1) is 17.5. The summed E-state index contributed by atoms with van der Waals surface area (Å²) in [6.07, 6.45) is 1.48. The number of amides is 1. The summed E-state index contributed by atoms with van der Waals surface area (Å²) in [6, 6.07) is 8.65. The van der Waals surface area contributed by atoms with Crippen molar-refractivity contribution in [3.05, 3.63) is 36.1 Å². The van der Waals surface area contributed by atoms with Crippen LogP contribution in [0.3, 0.4) is 0 Å². The van der Waals surface area contributed by atoms with Crippen molar-refractivity contribution in [1.82, 2.24) is 10.0 Å². The quantitative estimate of drug-likeness (QED) is 0.808. The molecule has 126 valence electrons. The lowest BCUT2D eigenvalue weighted by atomic mass is 10.0. The van der Waals surface area contributed by atoms with Crippen LogP contribution in [0.1, 0.15) is 26.0 Å². The molecule has 0 aliphatic heterocycles. The lowest BCUT2D eigenvalue weighted by molar-refractivity contribution is -0.123. The monoisotopic (exact) mass is 338 g/mol. The number of fused-ring (bicyclic) bond motifs is 1. The van der Waals surface area contributed by atoms with Gasteiger partial charge in [0.25, 0.3) is 0 Å². The maximum Gasteiger partial charge on any atom is 0.238 e. The van der Waals surface area contributed by atoms with Crippen molar-refractivity contribution in [1.29, 1.82) is 0 Å². The van der Waals surface area contributed by atoms with Crippen molar-refractivity contribution < 1.29 is 17.6 Å². The summed E-state index contributed by atoms with van der Waals surface area (Å²) < 4.78 is 30.8. The van der Waals surface area contributed by atoms with Gasteiger partial charge in [-0.25, -0.2) is 13.1 Å². The van der Waals surface area contributed by atoms with Crippen LogP contribution in [0.15, 0.2) is 34.7 Å². The highest BCUT2D eigenvalue weighted by atomic mass is 32.2. The Balaban J connectivity index is 2.02. The SMILES string of the molecule is CC(C)C[C@H](NS(C)(=O)=O)C(=O)NCc1cc2ccccc2o1. The second-order valence-electron chi connectivity index (χ2n) is 6.04. The third kappa shape index (κ3) is 5.37. The molecule has 6 nitrogen and oxygen atoms in total. The molecule has 0 aliphatic rings. The van der Waals surface area contributed by atoms with Crippen LogP contribution < -0.4 is 10.0 Å². The van der Waals surface area contributed by atoms with Crippen molar-refractivity contribution in [3.63, 3.8) is 0 Å². The third-order valence-electron chi connectivity index (χ3n) is 3.29. The van der Waals surface area contributed by atoms with Gasteiger partial charge in [0.05, 0.1) is 12.8 Å². The van der Waals surface area contributed by atoms with Crippen LogP contribution in [0.4, 0.5) is 0 Å². The zero-order chi connectivity index (χ0) is 17.0. The summed E-state index contributed by atoms with van der Waals surface area (Å²) in [5, 5.41) is 3.69. The van der Waals surface area contributed by atoms with Gasteiger partial charge in [-0.3, -0.25) is 4.79 Å². The highest BCUT2D eigenvalue weighted by molar-refractivity contribution is 7.88. The van der Waals surface area contributed by atoms with Gasteiger partial charge in [0.2, 0.25) is 15.9 Å². The van der Waals surface area contributed by atoms with Crippen molar-refractivity contribution in [2.75, 3.05) is 6.26 Å². The number of nitrogens with one attached hydrogen (secondary N) is 2. The van der Waals surface area contributed by atoms with Crippen molar-refractivity contribution in [3.8, 4) is 0 Å². The molecule has 0 saturated carbocycles. The first-order valence-corrected chi connectivity index (χ1v) is 9.36. The Hall–Kier alpha value is -1.86. The number of hydrogen-bond donors (Lipinski definition) is 2. The van der Waals surface area contributed by atoms with Gasteiger partial charge in [-0.15, -0.1) is 0 Å². The average Bonchev–Trinajstić information content (AvgIpc) is 2.84. The maximum atomic E-state index is 12.3. The number of carbonyl (C=O) groups excluding carboxylic acids is 1. The summed E-state index contributed by atoms with van der Waals surface area (Å²) >= 11 is 0. The second kappa shape index (κ2) is 7.14. The molecule has 1 amide bonds. The van der Waals surface area contributed by atoms with Crippen LogP contribution in [0.5, 0.6) is 0 Å². The number of benzene rings is 1. The minimum Gasteiger partial charge on any atom is -0.459 e. The fraction of sp³-hybridized carbons (Fsp3) is 0.438. The Bertz CT molecular complexity index is 747. The Kier molecular flexibility index (Phi) is 5.43. The topological polar surface area (TPSA) is 88.4 Å². The van der Waals surface area contributed by atoms with Crippen molar-refractivity contribution >= 4 is 26.9 Å². The largest absolute Gasteiger partial charge is 0.459 e. The minimum atomic E-state index is -3.45. The Morgan fingerprint density at radius 1 is 1.26 bits per heavy atom. The molecule has 0 aliphatic carbocycles. The van der Waals surface area contributed by atoms with Crippen LogP contribution in [0.2, 0.25) is 0 Å². The van der Waals surface area contributed by atoms with Gasteiger partial charge < -0.3 is 9.73 Å².